The third-order valence-electron chi connectivity index (χ3n) is 10.7. The van der Waals surface area contributed by atoms with Gasteiger partial charge in [-0.2, -0.15) is 0 Å². The van der Waals surface area contributed by atoms with Crippen LogP contribution in [0, 0.1) is 17.8 Å². The second-order valence-corrected chi connectivity index (χ2v) is 21.9. The minimum absolute atomic E-state index is 0.0176. The average molecular weight is 799 g/mol. The topological polar surface area (TPSA) is 142 Å². The molecule has 2 heterocycles. The molecule has 2 aromatic rings. The van der Waals surface area contributed by atoms with Gasteiger partial charge in [-0.25, -0.2) is 4.79 Å². The molecular formula is C42H59ClN2O9Si. The molecule has 13 heteroatoms. The van der Waals surface area contributed by atoms with E-state index in [4.69, 9.17) is 35.0 Å². The van der Waals surface area contributed by atoms with E-state index in [-0.39, 0.29) is 54.9 Å². The average Bonchev–Trinajstić information content (AvgIpc) is 3.92. The highest BCUT2D eigenvalue weighted by molar-refractivity contribution is 6.74. The summed E-state index contributed by atoms with van der Waals surface area (Å²) in [6.07, 6.45) is 1.22. The normalized spacial score (nSPS) is 25.7. The molecule has 0 spiro atoms. The van der Waals surface area contributed by atoms with Crippen LogP contribution in [0.5, 0.6) is 5.75 Å². The monoisotopic (exact) mass is 798 g/mol. The Morgan fingerprint density at radius 1 is 0.964 bits per heavy atom. The summed E-state index contributed by atoms with van der Waals surface area (Å²) >= 11 is 6.34. The molecule has 55 heavy (non-hydrogen) atoms. The van der Waals surface area contributed by atoms with Gasteiger partial charge in [-0.05, 0) is 65.4 Å². The van der Waals surface area contributed by atoms with E-state index < -0.39 is 56.2 Å². The Morgan fingerprint density at radius 2 is 1.64 bits per heavy atom. The maximum absolute atomic E-state index is 13.7. The first-order chi connectivity index (χ1) is 25.8. The molecule has 0 radical (unpaired) electrons. The first-order valence-corrected chi connectivity index (χ1v) is 22.4. The predicted molar refractivity (Wildman–Crippen MR) is 214 cm³/mol. The molecule has 0 aliphatic carbocycles. The van der Waals surface area contributed by atoms with Crippen molar-refractivity contribution >= 4 is 43.7 Å². The first kappa shape index (κ1) is 44.0. The standard InChI is InChI=1S/C42H59ClN2O9Si/c1-25(2)20-35-41(49)52-33(27(4)37-38(54-37)30-17-14-28(15-18-30)24-51-55(9,10)42(5,6)7)12-11-13-36(46)45-32(39(47)44-23-26(3)40(48)53-35)22-29-16-19-34(50-8)31(43)21-29/h11,13-19,21,25-27,32-33,35,37-38H,12,20,22-24H2,1-10H3,(H,44,47)(H,45,46)/b13-11+/t26-,27+,32-,33+,35+,37-,38+/m1/s1. The number of halogens is 1. The first-order valence-electron chi connectivity index (χ1n) is 19.2. The Morgan fingerprint density at radius 3 is 2.25 bits per heavy atom. The molecule has 11 nitrogen and oxygen atoms in total. The molecule has 2 aliphatic rings. The van der Waals surface area contributed by atoms with Crippen molar-refractivity contribution in [2.75, 3.05) is 13.7 Å². The summed E-state index contributed by atoms with van der Waals surface area (Å²) in [5.74, 6) is -2.88. The lowest BCUT2D eigenvalue weighted by Crippen LogP contribution is -2.49. The summed E-state index contributed by atoms with van der Waals surface area (Å²) in [6.45, 7) is 19.0. The van der Waals surface area contributed by atoms with Crippen molar-refractivity contribution < 1.29 is 42.6 Å². The summed E-state index contributed by atoms with van der Waals surface area (Å²) in [5.41, 5.74) is 2.79. The molecule has 0 bridgehead atoms. The highest BCUT2D eigenvalue weighted by Crippen LogP contribution is 2.45. The number of hydrogen-bond donors (Lipinski definition) is 2. The maximum Gasteiger partial charge on any atom is 0.347 e. The van der Waals surface area contributed by atoms with Crippen LogP contribution in [0.15, 0.2) is 54.6 Å². The fourth-order valence-electron chi connectivity index (χ4n) is 6.03. The molecule has 2 amide bonds. The third-order valence-corrected chi connectivity index (χ3v) is 15.5. The maximum atomic E-state index is 13.7. The Bertz CT molecular complexity index is 1690. The number of nitrogens with one attached hydrogen (secondary N) is 2. The summed E-state index contributed by atoms with van der Waals surface area (Å²) in [6, 6.07) is 12.4. The fourth-order valence-corrected chi connectivity index (χ4v) is 7.27. The van der Waals surface area contributed by atoms with Gasteiger partial charge in [-0.15, -0.1) is 0 Å². The van der Waals surface area contributed by atoms with Crippen LogP contribution in [0.25, 0.3) is 0 Å². The third kappa shape index (κ3) is 12.4. The van der Waals surface area contributed by atoms with E-state index >= 15 is 0 Å². The van der Waals surface area contributed by atoms with Gasteiger partial charge >= 0.3 is 11.9 Å². The van der Waals surface area contributed by atoms with Crippen LogP contribution in [0.4, 0.5) is 0 Å². The van der Waals surface area contributed by atoms with Gasteiger partial charge in [0.25, 0.3) is 0 Å². The van der Waals surface area contributed by atoms with Gasteiger partial charge in [0.1, 0.15) is 24.0 Å². The minimum atomic E-state index is -1.90. The molecule has 2 aliphatic heterocycles. The van der Waals surface area contributed by atoms with Crippen molar-refractivity contribution in [1.82, 2.24) is 10.6 Å². The molecule has 4 rings (SSSR count). The molecule has 0 aromatic heterocycles. The number of amides is 2. The van der Waals surface area contributed by atoms with Crippen molar-refractivity contribution in [2.45, 2.75) is 123 Å². The van der Waals surface area contributed by atoms with Crippen LogP contribution in [-0.2, 0) is 50.8 Å². The van der Waals surface area contributed by atoms with Crippen LogP contribution in [0.1, 0.15) is 84.1 Å². The van der Waals surface area contributed by atoms with E-state index in [9.17, 15) is 19.2 Å². The largest absolute Gasteiger partial charge is 0.495 e. The number of benzene rings is 2. The van der Waals surface area contributed by atoms with E-state index in [2.05, 4.69) is 56.6 Å². The summed E-state index contributed by atoms with van der Waals surface area (Å²) in [5, 5.41) is 6.01. The van der Waals surface area contributed by atoms with Gasteiger partial charge in [0.2, 0.25) is 11.8 Å². The molecule has 1 saturated heterocycles. The number of rotatable bonds is 11. The number of cyclic esters (lactones) is 2. The summed E-state index contributed by atoms with van der Waals surface area (Å²) < 4.78 is 29.7. The van der Waals surface area contributed by atoms with Gasteiger partial charge in [0.05, 0.1) is 30.8 Å². The number of methoxy groups -OCH3 is 1. The molecular weight excluding hydrogens is 740 g/mol. The van der Waals surface area contributed by atoms with Crippen molar-refractivity contribution in [3.63, 3.8) is 0 Å². The molecule has 2 aromatic carbocycles. The zero-order valence-corrected chi connectivity index (χ0v) is 35.7. The molecule has 7 atom stereocenters. The van der Waals surface area contributed by atoms with E-state index in [0.717, 1.165) is 11.1 Å². The summed E-state index contributed by atoms with van der Waals surface area (Å²) in [4.78, 5) is 53.6. The lowest BCUT2D eigenvalue weighted by molar-refractivity contribution is -0.176. The lowest BCUT2D eigenvalue weighted by Gasteiger charge is -2.36. The van der Waals surface area contributed by atoms with E-state index in [1.807, 2.05) is 32.9 Å². The number of ether oxygens (including phenoxy) is 4. The molecule has 302 valence electrons. The molecule has 1 fully saturated rings. The summed E-state index contributed by atoms with van der Waals surface area (Å²) in [7, 11) is -0.388. The Hall–Kier alpha value is -3.71. The molecule has 0 saturated carbocycles. The minimum Gasteiger partial charge on any atom is -0.495 e. The van der Waals surface area contributed by atoms with Crippen LogP contribution in [-0.4, -0.2) is 70.1 Å². The Labute approximate surface area is 332 Å². The second kappa shape index (κ2) is 19.0. The lowest BCUT2D eigenvalue weighted by atomic mass is 9.93. The van der Waals surface area contributed by atoms with Crippen LogP contribution in [0.2, 0.25) is 23.2 Å². The van der Waals surface area contributed by atoms with Crippen LogP contribution >= 0.6 is 11.6 Å². The van der Waals surface area contributed by atoms with Crippen molar-refractivity contribution in [2.24, 2.45) is 17.8 Å². The molecule has 2 N–H and O–H groups in total. The number of esters is 2. The Kier molecular flexibility index (Phi) is 15.2. The Balaban J connectivity index is 1.53. The quantitative estimate of drug-likeness (QED) is 0.137. The predicted octanol–water partition coefficient (Wildman–Crippen LogP) is 7.26. The van der Waals surface area contributed by atoms with E-state index in [1.165, 1.54) is 13.2 Å². The van der Waals surface area contributed by atoms with Crippen molar-refractivity contribution in [1.29, 1.82) is 0 Å². The van der Waals surface area contributed by atoms with Gasteiger partial charge in [0, 0.05) is 25.3 Å². The van der Waals surface area contributed by atoms with Crippen LogP contribution < -0.4 is 15.4 Å². The zero-order chi connectivity index (χ0) is 40.7. The van der Waals surface area contributed by atoms with Gasteiger partial charge in [-0.1, -0.05) is 96.5 Å². The van der Waals surface area contributed by atoms with Gasteiger partial charge < -0.3 is 34.0 Å². The smallest absolute Gasteiger partial charge is 0.347 e. The second-order valence-electron chi connectivity index (χ2n) is 16.7. The van der Waals surface area contributed by atoms with E-state index in [0.29, 0.717) is 22.9 Å². The van der Waals surface area contributed by atoms with Crippen molar-refractivity contribution in [3.05, 3.63) is 76.3 Å². The van der Waals surface area contributed by atoms with E-state index in [1.54, 1.807) is 31.2 Å². The molecule has 0 unspecified atom stereocenters. The number of hydrogen-bond acceptors (Lipinski definition) is 9. The highest BCUT2D eigenvalue weighted by atomic mass is 35.5. The fraction of sp³-hybridized carbons (Fsp3) is 0.571. The number of carbonyl (C=O) groups is 4. The van der Waals surface area contributed by atoms with Crippen molar-refractivity contribution in [3.8, 4) is 5.75 Å². The zero-order valence-electron chi connectivity index (χ0n) is 33.9. The van der Waals surface area contributed by atoms with Crippen LogP contribution in [0.3, 0.4) is 0 Å². The number of carbonyl (C=O) groups excluding carboxylic acids is 4. The SMILES string of the molecule is COc1ccc(C[C@H]2NC(=O)/C=C/C[C@@H]([C@H](C)[C@H]3O[C@H]3c3ccc(CO[Si](C)(C)C(C)(C)C)cc3)OC(=O)[C@H](CC(C)C)OC(=O)[C@H](C)CNC2=O)cc1Cl. The van der Waals surface area contributed by atoms with Gasteiger partial charge in [0.15, 0.2) is 14.4 Å². The van der Waals surface area contributed by atoms with Gasteiger partial charge in [-0.3, -0.25) is 14.4 Å². The highest BCUT2D eigenvalue weighted by Gasteiger charge is 2.48. The number of epoxide rings is 1.